The van der Waals surface area contributed by atoms with Crippen LogP contribution in [0.1, 0.15) is 33.1 Å². The number of sulfone groups is 1. The summed E-state index contributed by atoms with van der Waals surface area (Å²) in [4.78, 5) is 0. The molecule has 0 aliphatic carbocycles. The zero-order valence-electron chi connectivity index (χ0n) is 10.0. The minimum atomic E-state index is -2.97. The van der Waals surface area contributed by atoms with E-state index in [4.69, 9.17) is 4.74 Å². The molecule has 0 N–H and O–H groups in total. The van der Waals surface area contributed by atoms with Crippen molar-refractivity contribution < 1.29 is 13.2 Å². The third kappa shape index (κ3) is 3.44. The molecule has 1 saturated heterocycles. The van der Waals surface area contributed by atoms with Gasteiger partial charge in [-0.05, 0) is 31.6 Å². The molecule has 0 aromatic heterocycles. The number of hydrogen-bond acceptors (Lipinski definition) is 3. The molecule has 96 valence electrons. The summed E-state index contributed by atoms with van der Waals surface area (Å²) in [6, 6.07) is 0. The largest absolute Gasteiger partial charge is 0.381 e. The van der Waals surface area contributed by atoms with Crippen LogP contribution in [0.25, 0.3) is 0 Å². The zero-order chi connectivity index (χ0) is 12.2. The monoisotopic (exact) mass is 312 g/mol. The van der Waals surface area contributed by atoms with Crippen molar-refractivity contribution in [2.45, 2.75) is 38.4 Å². The summed E-state index contributed by atoms with van der Waals surface area (Å²) in [5.41, 5.74) is -0.111. The van der Waals surface area contributed by atoms with Crippen LogP contribution in [0.15, 0.2) is 0 Å². The first-order chi connectivity index (χ1) is 7.46. The highest BCUT2D eigenvalue weighted by Crippen LogP contribution is 2.35. The Morgan fingerprint density at radius 2 is 1.94 bits per heavy atom. The van der Waals surface area contributed by atoms with E-state index < -0.39 is 9.84 Å². The van der Waals surface area contributed by atoms with E-state index in [-0.39, 0.29) is 10.7 Å². The highest BCUT2D eigenvalue weighted by atomic mass is 79.9. The van der Waals surface area contributed by atoms with Crippen molar-refractivity contribution in [3.05, 3.63) is 0 Å². The lowest BCUT2D eigenvalue weighted by atomic mass is 9.85. The van der Waals surface area contributed by atoms with Gasteiger partial charge in [0.1, 0.15) is 0 Å². The lowest BCUT2D eigenvalue weighted by Gasteiger charge is -2.36. The van der Waals surface area contributed by atoms with Gasteiger partial charge in [-0.15, -0.1) is 0 Å². The molecule has 0 spiro atoms. The van der Waals surface area contributed by atoms with Crippen molar-refractivity contribution >= 4 is 25.8 Å². The van der Waals surface area contributed by atoms with Gasteiger partial charge in [0.25, 0.3) is 0 Å². The van der Waals surface area contributed by atoms with Gasteiger partial charge in [0.05, 0.1) is 11.0 Å². The van der Waals surface area contributed by atoms with E-state index in [0.29, 0.717) is 25.4 Å². The summed E-state index contributed by atoms with van der Waals surface area (Å²) in [5.74, 6) is 0.295. The van der Waals surface area contributed by atoms with E-state index in [1.54, 1.807) is 6.92 Å². The van der Waals surface area contributed by atoms with Crippen molar-refractivity contribution in [3.8, 4) is 0 Å². The minimum Gasteiger partial charge on any atom is -0.381 e. The number of halogens is 1. The van der Waals surface area contributed by atoms with Crippen molar-refractivity contribution in [3.63, 3.8) is 0 Å². The second-order valence-electron chi connectivity index (χ2n) is 4.77. The zero-order valence-corrected chi connectivity index (χ0v) is 12.4. The lowest BCUT2D eigenvalue weighted by molar-refractivity contribution is 0.0367. The second kappa shape index (κ2) is 5.83. The Morgan fingerprint density at radius 3 is 2.38 bits per heavy atom. The van der Waals surface area contributed by atoms with E-state index in [9.17, 15) is 8.42 Å². The summed E-state index contributed by atoms with van der Waals surface area (Å²) in [6.07, 6.45) is 2.37. The van der Waals surface area contributed by atoms with Crippen LogP contribution in [-0.4, -0.2) is 38.0 Å². The fourth-order valence-electron chi connectivity index (χ4n) is 1.94. The molecule has 1 aliphatic heterocycles. The molecule has 0 radical (unpaired) electrons. The SMILES string of the molecule is CCC(C)S(=O)(=O)CC1(CBr)CCOCC1. The molecule has 0 amide bonds. The van der Waals surface area contributed by atoms with E-state index in [2.05, 4.69) is 15.9 Å². The maximum absolute atomic E-state index is 12.1. The molecule has 1 unspecified atom stereocenters. The van der Waals surface area contributed by atoms with Crippen LogP contribution in [0, 0.1) is 5.41 Å². The predicted octanol–water partition coefficient (Wildman–Crippen LogP) is 2.39. The molecule has 0 bridgehead atoms. The van der Waals surface area contributed by atoms with Crippen LogP contribution in [0.2, 0.25) is 0 Å². The Balaban J connectivity index is 2.76. The van der Waals surface area contributed by atoms with E-state index in [1.807, 2.05) is 6.92 Å². The van der Waals surface area contributed by atoms with Crippen molar-refractivity contribution in [2.24, 2.45) is 5.41 Å². The van der Waals surface area contributed by atoms with E-state index >= 15 is 0 Å². The van der Waals surface area contributed by atoms with Crippen LogP contribution in [0.5, 0.6) is 0 Å². The van der Waals surface area contributed by atoms with Crippen LogP contribution >= 0.6 is 15.9 Å². The molecule has 1 atom stereocenters. The smallest absolute Gasteiger partial charge is 0.153 e. The third-order valence-corrected chi connectivity index (χ3v) is 7.30. The standard InChI is InChI=1S/C11H21BrO3S/c1-3-10(2)16(13,14)9-11(8-12)4-6-15-7-5-11/h10H,3-9H2,1-2H3. The van der Waals surface area contributed by atoms with Crippen LogP contribution in [-0.2, 0) is 14.6 Å². The molecular weight excluding hydrogens is 292 g/mol. The van der Waals surface area contributed by atoms with Gasteiger partial charge in [0, 0.05) is 18.5 Å². The van der Waals surface area contributed by atoms with Gasteiger partial charge in [0.2, 0.25) is 0 Å². The van der Waals surface area contributed by atoms with Gasteiger partial charge in [-0.25, -0.2) is 8.42 Å². The maximum atomic E-state index is 12.1. The Kier molecular flexibility index (Phi) is 5.26. The average Bonchev–Trinajstić information content (AvgIpc) is 2.28. The van der Waals surface area contributed by atoms with E-state index in [0.717, 1.165) is 18.2 Å². The predicted molar refractivity (Wildman–Crippen MR) is 69.8 cm³/mol. The molecule has 5 heteroatoms. The molecule has 0 aromatic carbocycles. The highest BCUT2D eigenvalue weighted by Gasteiger charge is 2.37. The molecule has 0 saturated carbocycles. The third-order valence-electron chi connectivity index (χ3n) is 3.53. The van der Waals surface area contributed by atoms with Gasteiger partial charge >= 0.3 is 0 Å². The summed E-state index contributed by atoms with van der Waals surface area (Å²) in [7, 11) is -2.97. The number of hydrogen-bond donors (Lipinski definition) is 0. The number of rotatable bonds is 5. The fraction of sp³-hybridized carbons (Fsp3) is 1.00. The summed E-state index contributed by atoms with van der Waals surface area (Å²) < 4.78 is 29.6. The molecule has 3 nitrogen and oxygen atoms in total. The molecule has 16 heavy (non-hydrogen) atoms. The van der Waals surface area contributed by atoms with E-state index in [1.165, 1.54) is 0 Å². The fourth-order valence-corrected chi connectivity index (χ4v) is 5.00. The average molecular weight is 313 g/mol. The van der Waals surface area contributed by atoms with Crippen molar-refractivity contribution in [2.75, 3.05) is 24.3 Å². The molecule has 1 heterocycles. The first kappa shape index (κ1) is 14.5. The Hall–Kier alpha value is 0.390. The Morgan fingerprint density at radius 1 is 1.38 bits per heavy atom. The van der Waals surface area contributed by atoms with Crippen molar-refractivity contribution in [1.29, 1.82) is 0 Å². The number of alkyl halides is 1. The van der Waals surface area contributed by atoms with Crippen LogP contribution in [0.4, 0.5) is 0 Å². The molecule has 1 aliphatic rings. The quantitative estimate of drug-likeness (QED) is 0.732. The molecule has 1 fully saturated rings. The first-order valence-electron chi connectivity index (χ1n) is 5.81. The maximum Gasteiger partial charge on any atom is 0.153 e. The van der Waals surface area contributed by atoms with Crippen LogP contribution < -0.4 is 0 Å². The first-order valence-corrected chi connectivity index (χ1v) is 8.65. The molecular formula is C11H21BrO3S. The topological polar surface area (TPSA) is 43.4 Å². The summed E-state index contributed by atoms with van der Waals surface area (Å²) >= 11 is 3.47. The Bertz CT molecular complexity index is 307. The lowest BCUT2D eigenvalue weighted by Crippen LogP contribution is -2.40. The van der Waals surface area contributed by atoms with Gasteiger partial charge in [0.15, 0.2) is 9.84 Å². The minimum absolute atomic E-state index is 0.111. The van der Waals surface area contributed by atoms with Crippen LogP contribution in [0.3, 0.4) is 0 Å². The van der Waals surface area contributed by atoms with Gasteiger partial charge < -0.3 is 4.74 Å². The second-order valence-corrected chi connectivity index (χ2v) is 7.75. The van der Waals surface area contributed by atoms with Gasteiger partial charge in [-0.2, -0.15) is 0 Å². The number of ether oxygens (including phenoxy) is 1. The molecule has 1 rings (SSSR count). The summed E-state index contributed by atoms with van der Waals surface area (Å²) in [5, 5.41) is 0.519. The highest BCUT2D eigenvalue weighted by molar-refractivity contribution is 9.09. The van der Waals surface area contributed by atoms with Gasteiger partial charge in [-0.3, -0.25) is 0 Å². The molecule has 0 aromatic rings. The Labute approximate surface area is 107 Å². The summed E-state index contributed by atoms with van der Waals surface area (Å²) in [6.45, 7) is 5.09. The normalized spacial score (nSPS) is 22.9. The van der Waals surface area contributed by atoms with Gasteiger partial charge in [-0.1, -0.05) is 22.9 Å². The van der Waals surface area contributed by atoms with Crippen molar-refractivity contribution in [1.82, 2.24) is 0 Å².